The standard InChI is InChI=1S/C33H29N5O3/c1-21(2)24-10-13-27-28(18-24)36-31(39)29(19-25-7-3-4-15-34-25)38(32(27)40)20-22-8-11-26(12-9-22)37-17-14-23-6-5-16-35-30(23)33(37)41/h3-13,15-16,18,29H,1,14,17,19-20H2,2H3,(H,36,39)/t29-/m1/s1. The molecule has 0 fully saturated rings. The van der Waals surface area contributed by atoms with E-state index < -0.39 is 6.04 Å². The molecule has 0 spiro atoms. The summed E-state index contributed by atoms with van der Waals surface area (Å²) in [4.78, 5) is 52.7. The van der Waals surface area contributed by atoms with Crippen LogP contribution in [0.25, 0.3) is 5.57 Å². The number of amides is 3. The number of benzene rings is 2. The monoisotopic (exact) mass is 543 g/mol. The van der Waals surface area contributed by atoms with Crippen molar-refractivity contribution in [3.05, 3.63) is 125 Å². The number of fused-ring (bicyclic) bond motifs is 2. The fraction of sp³-hybridized carbons (Fsp3) is 0.182. The third kappa shape index (κ3) is 5.12. The van der Waals surface area contributed by atoms with Crippen LogP contribution >= 0.6 is 0 Å². The lowest BCUT2D eigenvalue weighted by molar-refractivity contribution is -0.120. The molecule has 2 aromatic heterocycles. The molecule has 4 aromatic rings. The summed E-state index contributed by atoms with van der Waals surface area (Å²) in [5.74, 6) is -0.644. The first kappa shape index (κ1) is 26.1. The average molecular weight is 544 g/mol. The molecule has 2 aliphatic heterocycles. The van der Waals surface area contributed by atoms with Crippen LogP contribution in [0.1, 0.15) is 50.2 Å². The molecular formula is C33H29N5O3. The number of anilines is 2. The smallest absolute Gasteiger partial charge is 0.277 e. The van der Waals surface area contributed by atoms with Crippen molar-refractivity contribution >= 4 is 34.7 Å². The van der Waals surface area contributed by atoms with Gasteiger partial charge in [-0.15, -0.1) is 0 Å². The molecule has 1 atom stereocenters. The van der Waals surface area contributed by atoms with E-state index in [-0.39, 0.29) is 30.7 Å². The minimum absolute atomic E-state index is 0.125. The second-order valence-corrected chi connectivity index (χ2v) is 10.4. The minimum Gasteiger partial charge on any atom is -0.324 e. The predicted molar refractivity (Wildman–Crippen MR) is 157 cm³/mol. The van der Waals surface area contributed by atoms with E-state index in [9.17, 15) is 14.4 Å². The van der Waals surface area contributed by atoms with Crippen molar-refractivity contribution < 1.29 is 14.4 Å². The van der Waals surface area contributed by atoms with Crippen LogP contribution in [0, 0.1) is 0 Å². The molecule has 0 bridgehead atoms. The second-order valence-electron chi connectivity index (χ2n) is 10.4. The lowest BCUT2D eigenvalue weighted by Gasteiger charge is -2.30. The van der Waals surface area contributed by atoms with Gasteiger partial charge in [-0.25, -0.2) is 0 Å². The number of carbonyl (C=O) groups is 3. The molecule has 1 N–H and O–H groups in total. The molecule has 0 saturated heterocycles. The molecular weight excluding hydrogens is 514 g/mol. The lowest BCUT2D eigenvalue weighted by atomic mass is 10.0. The van der Waals surface area contributed by atoms with Gasteiger partial charge < -0.3 is 15.1 Å². The Kier molecular flexibility index (Phi) is 6.89. The van der Waals surface area contributed by atoms with Crippen molar-refractivity contribution in [1.29, 1.82) is 0 Å². The summed E-state index contributed by atoms with van der Waals surface area (Å²) in [7, 11) is 0. The van der Waals surface area contributed by atoms with Gasteiger partial charge in [0.25, 0.3) is 11.8 Å². The number of hydrogen-bond acceptors (Lipinski definition) is 5. The molecule has 2 aliphatic rings. The van der Waals surface area contributed by atoms with Crippen LogP contribution in [0.15, 0.2) is 91.8 Å². The molecule has 204 valence electrons. The van der Waals surface area contributed by atoms with Gasteiger partial charge in [0, 0.05) is 43.3 Å². The van der Waals surface area contributed by atoms with Gasteiger partial charge in [0.15, 0.2) is 0 Å². The SMILES string of the molecule is C=C(C)c1ccc2c(c1)NC(=O)[C@@H](Cc1ccccn1)N(Cc1ccc(N3CCc4cccnc4C3=O)cc1)C2=O. The molecule has 6 rings (SSSR count). The number of rotatable bonds is 6. The first-order valence-corrected chi connectivity index (χ1v) is 13.6. The van der Waals surface area contributed by atoms with Gasteiger partial charge in [-0.2, -0.15) is 0 Å². The van der Waals surface area contributed by atoms with Crippen LogP contribution in [0.4, 0.5) is 11.4 Å². The summed E-state index contributed by atoms with van der Waals surface area (Å²) >= 11 is 0. The van der Waals surface area contributed by atoms with E-state index in [2.05, 4.69) is 21.9 Å². The normalized spacial score (nSPS) is 16.5. The average Bonchev–Trinajstić information content (AvgIpc) is 3.08. The van der Waals surface area contributed by atoms with E-state index in [1.807, 2.05) is 67.6 Å². The number of nitrogens with one attached hydrogen (secondary N) is 1. The van der Waals surface area contributed by atoms with E-state index in [4.69, 9.17) is 0 Å². The maximum atomic E-state index is 14.0. The Bertz CT molecular complexity index is 1670. The fourth-order valence-electron chi connectivity index (χ4n) is 5.37. The third-order valence-corrected chi connectivity index (χ3v) is 7.61. The summed E-state index contributed by atoms with van der Waals surface area (Å²) in [5, 5.41) is 2.98. The van der Waals surface area contributed by atoms with Crippen molar-refractivity contribution in [2.45, 2.75) is 32.4 Å². The summed E-state index contributed by atoms with van der Waals surface area (Å²) in [6.07, 6.45) is 4.32. The molecule has 2 aromatic carbocycles. The van der Waals surface area contributed by atoms with Gasteiger partial charge in [-0.05, 0) is 72.5 Å². The molecule has 4 heterocycles. The topological polar surface area (TPSA) is 95.5 Å². The summed E-state index contributed by atoms with van der Waals surface area (Å²) in [5.41, 5.74) is 6.35. The second kappa shape index (κ2) is 10.8. The van der Waals surface area contributed by atoms with Gasteiger partial charge in [0.2, 0.25) is 5.91 Å². The maximum Gasteiger partial charge on any atom is 0.277 e. The highest BCUT2D eigenvalue weighted by Gasteiger charge is 2.36. The van der Waals surface area contributed by atoms with Crippen LogP contribution in [-0.2, 0) is 24.2 Å². The number of nitrogens with zero attached hydrogens (tertiary/aromatic N) is 4. The van der Waals surface area contributed by atoms with Crippen LogP contribution in [-0.4, -0.2) is 45.2 Å². The number of allylic oxidation sites excluding steroid dienone is 1. The number of carbonyl (C=O) groups excluding carboxylic acids is 3. The van der Waals surface area contributed by atoms with E-state index in [1.165, 1.54) is 0 Å². The largest absolute Gasteiger partial charge is 0.324 e. The first-order valence-electron chi connectivity index (χ1n) is 13.6. The molecule has 8 heteroatoms. The highest BCUT2D eigenvalue weighted by molar-refractivity contribution is 6.10. The van der Waals surface area contributed by atoms with Gasteiger partial charge >= 0.3 is 0 Å². The molecule has 41 heavy (non-hydrogen) atoms. The van der Waals surface area contributed by atoms with E-state index in [0.717, 1.165) is 34.4 Å². The molecule has 0 saturated carbocycles. The number of aromatic nitrogens is 2. The van der Waals surface area contributed by atoms with Crippen LogP contribution in [0.3, 0.4) is 0 Å². The van der Waals surface area contributed by atoms with E-state index in [0.29, 0.717) is 29.2 Å². The summed E-state index contributed by atoms with van der Waals surface area (Å²) in [6.45, 7) is 6.65. The Labute approximate surface area is 238 Å². The third-order valence-electron chi connectivity index (χ3n) is 7.61. The highest BCUT2D eigenvalue weighted by atomic mass is 16.2. The zero-order chi connectivity index (χ0) is 28.5. The molecule has 0 unspecified atom stereocenters. The van der Waals surface area contributed by atoms with Crippen LogP contribution < -0.4 is 10.2 Å². The molecule has 0 radical (unpaired) electrons. The quantitative estimate of drug-likeness (QED) is 0.373. The van der Waals surface area contributed by atoms with Crippen molar-refractivity contribution in [1.82, 2.24) is 14.9 Å². The van der Waals surface area contributed by atoms with Crippen molar-refractivity contribution in [3.63, 3.8) is 0 Å². The van der Waals surface area contributed by atoms with Crippen molar-refractivity contribution in [2.75, 3.05) is 16.8 Å². The Hall–Kier alpha value is -5.11. The Morgan fingerprint density at radius 1 is 0.951 bits per heavy atom. The maximum absolute atomic E-state index is 14.0. The minimum atomic E-state index is -0.774. The van der Waals surface area contributed by atoms with Gasteiger partial charge in [0.1, 0.15) is 11.7 Å². The highest BCUT2D eigenvalue weighted by Crippen LogP contribution is 2.30. The van der Waals surface area contributed by atoms with Gasteiger partial charge in [-0.1, -0.05) is 42.5 Å². The Balaban J connectivity index is 1.30. The first-order chi connectivity index (χ1) is 19.9. The van der Waals surface area contributed by atoms with E-state index in [1.54, 1.807) is 34.3 Å². The Morgan fingerprint density at radius 3 is 2.51 bits per heavy atom. The zero-order valence-electron chi connectivity index (χ0n) is 22.7. The number of pyridine rings is 2. The van der Waals surface area contributed by atoms with Gasteiger partial charge in [-0.3, -0.25) is 24.4 Å². The summed E-state index contributed by atoms with van der Waals surface area (Å²) < 4.78 is 0. The zero-order valence-corrected chi connectivity index (χ0v) is 22.7. The number of hydrogen-bond donors (Lipinski definition) is 1. The van der Waals surface area contributed by atoms with Gasteiger partial charge in [0.05, 0.1) is 11.3 Å². The predicted octanol–water partition coefficient (Wildman–Crippen LogP) is 4.92. The Morgan fingerprint density at radius 2 is 1.76 bits per heavy atom. The van der Waals surface area contributed by atoms with Crippen molar-refractivity contribution in [2.24, 2.45) is 0 Å². The lowest BCUT2D eigenvalue weighted by Crippen LogP contribution is -2.46. The van der Waals surface area contributed by atoms with Crippen LogP contribution in [0.2, 0.25) is 0 Å². The van der Waals surface area contributed by atoms with Crippen LogP contribution in [0.5, 0.6) is 0 Å². The van der Waals surface area contributed by atoms with E-state index >= 15 is 0 Å². The molecule has 3 amide bonds. The fourth-order valence-corrected chi connectivity index (χ4v) is 5.37. The molecule has 0 aliphatic carbocycles. The molecule has 8 nitrogen and oxygen atoms in total. The van der Waals surface area contributed by atoms with Crippen molar-refractivity contribution in [3.8, 4) is 0 Å². The summed E-state index contributed by atoms with van der Waals surface area (Å²) in [6, 6.07) is 21.5.